The Bertz CT molecular complexity index is 1060. The Morgan fingerprint density at radius 3 is 2.30 bits per heavy atom. The van der Waals surface area contributed by atoms with E-state index in [0.29, 0.717) is 30.8 Å². The van der Waals surface area contributed by atoms with Gasteiger partial charge in [-0.25, -0.2) is 8.42 Å². The summed E-state index contributed by atoms with van der Waals surface area (Å²) in [6.45, 7) is 6.45. The van der Waals surface area contributed by atoms with Crippen LogP contribution in [0.4, 0.5) is 5.69 Å². The number of aryl methyl sites for hydroxylation is 2. The van der Waals surface area contributed by atoms with Gasteiger partial charge in [0.15, 0.2) is 0 Å². The van der Waals surface area contributed by atoms with Crippen LogP contribution >= 0.6 is 11.8 Å². The molecule has 0 atom stereocenters. The van der Waals surface area contributed by atoms with E-state index in [1.54, 1.807) is 16.4 Å². The van der Waals surface area contributed by atoms with Crippen LogP contribution in [-0.2, 0) is 27.8 Å². The molecular weight excluding hydrogens is 454 g/mol. The maximum atomic E-state index is 12.6. The molecule has 0 unspecified atom stereocenters. The van der Waals surface area contributed by atoms with Crippen molar-refractivity contribution in [2.45, 2.75) is 44.0 Å². The fourth-order valence-corrected chi connectivity index (χ4v) is 6.85. The van der Waals surface area contributed by atoms with E-state index < -0.39 is 10.0 Å². The van der Waals surface area contributed by atoms with Gasteiger partial charge in [0.1, 0.15) is 0 Å². The van der Waals surface area contributed by atoms with Gasteiger partial charge in [0.05, 0.1) is 4.90 Å². The number of rotatable bonds is 8. The first-order valence-corrected chi connectivity index (χ1v) is 14.3. The van der Waals surface area contributed by atoms with Crippen molar-refractivity contribution in [2.24, 2.45) is 0 Å². The Hall–Kier alpha value is -1.87. The van der Waals surface area contributed by atoms with Crippen molar-refractivity contribution in [1.29, 1.82) is 0 Å². The lowest BCUT2D eigenvalue weighted by molar-refractivity contribution is -0.116. The highest BCUT2D eigenvalue weighted by atomic mass is 32.2. The number of benzene rings is 2. The Kier molecular flexibility index (Phi) is 8.11. The highest BCUT2D eigenvalue weighted by molar-refractivity contribution is 7.99. The number of amides is 1. The third-order valence-corrected chi connectivity index (χ3v) is 9.20. The molecule has 1 amide bonds. The largest absolute Gasteiger partial charge is 0.326 e. The van der Waals surface area contributed by atoms with Gasteiger partial charge in [-0.2, -0.15) is 16.1 Å². The first-order valence-electron chi connectivity index (χ1n) is 11.7. The molecule has 4 rings (SSSR count). The highest BCUT2D eigenvalue weighted by Crippen LogP contribution is 2.22. The van der Waals surface area contributed by atoms with Gasteiger partial charge >= 0.3 is 0 Å². The van der Waals surface area contributed by atoms with Crippen LogP contribution in [0.5, 0.6) is 0 Å². The molecule has 0 saturated carbocycles. The van der Waals surface area contributed by atoms with Crippen LogP contribution in [0, 0.1) is 6.92 Å². The van der Waals surface area contributed by atoms with E-state index in [1.807, 2.05) is 36.9 Å². The second-order valence-corrected chi connectivity index (χ2v) is 12.0. The molecule has 6 nitrogen and oxygen atoms in total. The Labute approximate surface area is 201 Å². The van der Waals surface area contributed by atoms with Gasteiger partial charge in [0, 0.05) is 56.3 Å². The number of thioether (sulfide) groups is 1. The van der Waals surface area contributed by atoms with Crippen LogP contribution in [0.1, 0.15) is 36.0 Å². The van der Waals surface area contributed by atoms with Gasteiger partial charge in [-0.3, -0.25) is 9.69 Å². The topological polar surface area (TPSA) is 69.7 Å². The molecule has 2 saturated heterocycles. The third-order valence-electron chi connectivity index (χ3n) is 6.34. The average molecular weight is 488 g/mol. The molecule has 0 bridgehead atoms. The molecule has 33 heavy (non-hydrogen) atoms. The SMILES string of the molecule is Cc1cc(CN2CCSCC2)ccc1NC(=O)CCc1ccc(S(=O)(=O)N2CCCC2)cc1. The van der Waals surface area contributed by atoms with Gasteiger partial charge in [-0.15, -0.1) is 0 Å². The van der Waals surface area contributed by atoms with Crippen molar-refractivity contribution in [3.8, 4) is 0 Å². The van der Waals surface area contributed by atoms with E-state index in [1.165, 1.54) is 17.1 Å². The zero-order valence-electron chi connectivity index (χ0n) is 19.3. The number of anilines is 1. The predicted molar refractivity (Wildman–Crippen MR) is 135 cm³/mol. The maximum Gasteiger partial charge on any atom is 0.243 e. The first kappa shape index (κ1) is 24.3. The minimum atomic E-state index is -3.40. The lowest BCUT2D eigenvalue weighted by atomic mass is 10.1. The molecule has 1 N–H and O–H groups in total. The van der Waals surface area contributed by atoms with Gasteiger partial charge in [0.2, 0.25) is 15.9 Å². The summed E-state index contributed by atoms with van der Waals surface area (Å²) in [6, 6.07) is 13.2. The van der Waals surface area contributed by atoms with Crippen molar-refractivity contribution in [3.63, 3.8) is 0 Å². The van der Waals surface area contributed by atoms with E-state index in [-0.39, 0.29) is 5.91 Å². The quantitative estimate of drug-likeness (QED) is 0.612. The molecule has 8 heteroatoms. The van der Waals surface area contributed by atoms with Crippen LogP contribution in [0.15, 0.2) is 47.4 Å². The van der Waals surface area contributed by atoms with Crippen molar-refractivity contribution in [1.82, 2.24) is 9.21 Å². The summed E-state index contributed by atoms with van der Waals surface area (Å²) in [7, 11) is -3.40. The molecule has 2 fully saturated rings. The van der Waals surface area contributed by atoms with Crippen LogP contribution in [-0.4, -0.2) is 61.2 Å². The van der Waals surface area contributed by atoms with Crippen LogP contribution in [0.2, 0.25) is 0 Å². The zero-order chi connectivity index (χ0) is 23.3. The maximum absolute atomic E-state index is 12.6. The van der Waals surface area contributed by atoms with E-state index in [4.69, 9.17) is 0 Å². The number of nitrogens with zero attached hydrogens (tertiary/aromatic N) is 2. The van der Waals surface area contributed by atoms with Gasteiger partial charge in [-0.1, -0.05) is 24.3 Å². The molecular formula is C25H33N3O3S2. The molecule has 2 aliphatic heterocycles. The van der Waals surface area contributed by atoms with Crippen LogP contribution in [0.3, 0.4) is 0 Å². The fraction of sp³-hybridized carbons (Fsp3) is 0.480. The molecule has 0 radical (unpaired) electrons. The molecule has 178 valence electrons. The van der Waals surface area contributed by atoms with Gasteiger partial charge in [-0.05, 0) is 61.1 Å². The van der Waals surface area contributed by atoms with Crippen LogP contribution in [0.25, 0.3) is 0 Å². The predicted octanol–water partition coefficient (Wildman–Crippen LogP) is 3.90. The van der Waals surface area contributed by atoms with Crippen molar-refractivity contribution < 1.29 is 13.2 Å². The Morgan fingerprint density at radius 2 is 1.64 bits per heavy atom. The molecule has 0 spiro atoms. The van der Waals surface area contributed by atoms with E-state index in [2.05, 4.69) is 22.3 Å². The van der Waals surface area contributed by atoms with E-state index in [0.717, 1.165) is 49.3 Å². The minimum Gasteiger partial charge on any atom is -0.326 e. The Morgan fingerprint density at radius 1 is 0.970 bits per heavy atom. The normalized spacial score (nSPS) is 17.8. The fourth-order valence-electron chi connectivity index (χ4n) is 4.36. The lowest BCUT2D eigenvalue weighted by Gasteiger charge is -2.26. The summed E-state index contributed by atoms with van der Waals surface area (Å²) in [5.41, 5.74) is 4.16. The zero-order valence-corrected chi connectivity index (χ0v) is 20.9. The standard InChI is InChI=1S/C25H33N3O3S2/c1-20-18-22(19-27-14-16-32-17-15-27)6-10-24(20)26-25(29)11-7-21-4-8-23(9-5-21)33(30,31)28-12-2-3-13-28/h4-6,8-10,18H,2-3,7,11-17,19H2,1H3,(H,26,29). The summed E-state index contributed by atoms with van der Waals surface area (Å²) in [6.07, 6.45) is 2.77. The van der Waals surface area contributed by atoms with E-state index >= 15 is 0 Å². The molecule has 2 aromatic carbocycles. The average Bonchev–Trinajstić information content (AvgIpc) is 3.37. The molecule has 2 aliphatic rings. The summed E-state index contributed by atoms with van der Waals surface area (Å²) < 4.78 is 26.8. The molecule has 0 aliphatic carbocycles. The Balaban J connectivity index is 1.28. The van der Waals surface area contributed by atoms with Gasteiger partial charge < -0.3 is 5.32 Å². The molecule has 2 aromatic rings. The first-order chi connectivity index (χ1) is 15.9. The summed E-state index contributed by atoms with van der Waals surface area (Å²) in [5.74, 6) is 2.36. The van der Waals surface area contributed by atoms with Crippen LogP contribution < -0.4 is 5.32 Å². The van der Waals surface area contributed by atoms with Crippen molar-refractivity contribution in [2.75, 3.05) is 43.0 Å². The highest BCUT2D eigenvalue weighted by Gasteiger charge is 2.26. The number of hydrogen-bond acceptors (Lipinski definition) is 5. The van der Waals surface area contributed by atoms with E-state index in [9.17, 15) is 13.2 Å². The molecule has 0 aromatic heterocycles. The smallest absolute Gasteiger partial charge is 0.243 e. The summed E-state index contributed by atoms with van der Waals surface area (Å²) in [4.78, 5) is 15.3. The minimum absolute atomic E-state index is 0.0346. The number of carbonyl (C=O) groups is 1. The summed E-state index contributed by atoms with van der Waals surface area (Å²) in [5, 5.41) is 3.03. The lowest BCUT2D eigenvalue weighted by Crippen LogP contribution is -2.31. The number of carbonyl (C=O) groups excluding carboxylic acids is 1. The van der Waals surface area contributed by atoms with Gasteiger partial charge in [0.25, 0.3) is 0 Å². The second-order valence-electron chi connectivity index (χ2n) is 8.84. The number of nitrogens with one attached hydrogen (secondary N) is 1. The molecule has 2 heterocycles. The van der Waals surface area contributed by atoms with Crippen molar-refractivity contribution in [3.05, 3.63) is 59.2 Å². The monoisotopic (exact) mass is 487 g/mol. The summed E-state index contributed by atoms with van der Waals surface area (Å²) >= 11 is 2.01. The number of hydrogen-bond donors (Lipinski definition) is 1. The number of sulfonamides is 1. The second kappa shape index (κ2) is 11.0. The van der Waals surface area contributed by atoms with Crippen molar-refractivity contribution >= 4 is 33.4 Å². The third kappa shape index (κ3) is 6.38.